The lowest BCUT2D eigenvalue weighted by Crippen LogP contribution is -1.91. The molecule has 0 fully saturated rings. The quantitative estimate of drug-likeness (QED) is 0.600. The molecule has 0 aromatic carbocycles. The maximum Gasteiger partial charge on any atom is 0.221 e. The summed E-state index contributed by atoms with van der Waals surface area (Å²) in [5, 5.41) is 0. The van der Waals surface area contributed by atoms with E-state index in [1.807, 2.05) is 12.1 Å². The third-order valence-corrected chi connectivity index (χ3v) is 2.55. The van der Waals surface area contributed by atoms with E-state index in [4.69, 9.17) is 8.83 Å². The molecule has 3 aromatic heterocycles. The molecule has 3 rings (SSSR count). The molecule has 4 bridgehead atoms. The third-order valence-electron chi connectivity index (χ3n) is 2.55. The zero-order valence-electron chi connectivity index (χ0n) is 9.50. The van der Waals surface area contributed by atoms with E-state index in [9.17, 15) is 4.79 Å². The lowest BCUT2D eigenvalue weighted by atomic mass is 10.4. The highest BCUT2D eigenvalue weighted by Crippen LogP contribution is 2.10. The Labute approximate surface area is 103 Å². The monoisotopic (exact) mass is 238 g/mol. The predicted octanol–water partition coefficient (Wildman–Crippen LogP) is 3.66. The van der Waals surface area contributed by atoms with Crippen molar-refractivity contribution in [3.63, 3.8) is 0 Å². The van der Waals surface area contributed by atoms with Crippen LogP contribution >= 0.6 is 0 Å². The van der Waals surface area contributed by atoms with Gasteiger partial charge in [-0.1, -0.05) is 12.1 Å². The first-order valence-electron chi connectivity index (χ1n) is 5.58. The van der Waals surface area contributed by atoms with E-state index in [-0.39, 0.29) is 5.43 Å². The average molecular weight is 238 g/mol. The number of rotatable bonds is 0. The summed E-state index contributed by atoms with van der Waals surface area (Å²) < 4.78 is 10.9. The van der Waals surface area contributed by atoms with Crippen molar-refractivity contribution in [2.24, 2.45) is 0 Å². The van der Waals surface area contributed by atoms with Gasteiger partial charge in [0.15, 0.2) is 5.58 Å². The summed E-state index contributed by atoms with van der Waals surface area (Å²) in [5.74, 6) is 0. The molecule has 3 heteroatoms. The standard InChI is InChI=1S/C15H10O3/c16-14-4-2-1-3-11-5-6-12(17-11)7-8-13-9-10-15(14)18-13/h1-10H. The van der Waals surface area contributed by atoms with Gasteiger partial charge in [0, 0.05) is 0 Å². The molecular formula is C15H10O3. The molecule has 88 valence electrons. The fraction of sp³-hybridized carbons (Fsp3) is 0. The highest BCUT2D eigenvalue weighted by molar-refractivity contribution is 5.57. The summed E-state index contributed by atoms with van der Waals surface area (Å²) in [4.78, 5) is 11.7. The molecule has 0 amide bonds. The first kappa shape index (κ1) is 10.6. The molecule has 0 aliphatic rings. The van der Waals surface area contributed by atoms with E-state index in [1.165, 1.54) is 6.07 Å². The van der Waals surface area contributed by atoms with Crippen LogP contribution in [0.2, 0.25) is 0 Å². The van der Waals surface area contributed by atoms with Crippen LogP contribution in [0.25, 0.3) is 22.3 Å². The molecule has 0 radical (unpaired) electrons. The van der Waals surface area contributed by atoms with Gasteiger partial charge in [0.1, 0.15) is 16.7 Å². The minimum Gasteiger partial charge on any atom is -0.457 e. The topological polar surface area (TPSA) is 43.4 Å². The molecule has 0 saturated heterocycles. The van der Waals surface area contributed by atoms with Crippen LogP contribution in [0.15, 0.2) is 74.3 Å². The van der Waals surface area contributed by atoms with Crippen molar-refractivity contribution in [3.05, 3.63) is 70.9 Å². The van der Waals surface area contributed by atoms with Crippen LogP contribution in [0, 0.1) is 0 Å². The number of hydrogen-bond acceptors (Lipinski definition) is 3. The maximum absolute atomic E-state index is 11.7. The molecule has 3 nitrogen and oxygen atoms in total. The molecule has 0 spiro atoms. The minimum absolute atomic E-state index is 0.155. The molecule has 3 aromatic rings. The Morgan fingerprint density at radius 2 is 1.17 bits per heavy atom. The fourth-order valence-corrected chi connectivity index (χ4v) is 1.66. The summed E-state index contributed by atoms with van der Waals surface area (Å²) in [6, 6.07) is 17.4. The minimum atomic E-state index is -0.155. The lowest BCUT2D eigenvalue weighted by molar-refractivity contribution is 0.659. The van der Waals surface area contributed by atoms with Crippen LogP contribution < -0.4 is 5.43 Å². The molecule has 0 N–H and O–H groups in total. The molecule has 0 saturated carbocycles. The Bertz CT molecular complexity index is 810. The summed E-state index contributed by atoms with van der Waals surface area (Å²) in [5.41, 5.74) is 2.28. The van der Waals surface area contributed by atoms with Crippen molar-refractivity contribution in [2.45, 2.75) is 0 Å². The van der Waals surface area contributed by atoms with Crippen LogP contribution in [0.3, 0.4) is 0 Å². The Morgan fingerprint density at radius 1 is 0.611 bits per heavy atom. The second-order valence-corrected chi connectivity index (χ2v) is 3.86. The van der Waals surface area contributed by atoms with Gasteiger partial charge in [-0.2, -0.15) is 0 Å². The van der Waals surface area contributed by atoms with Crippen molar-refractivity contribution in [1.82, 2.24) is 0 Å². The summed E-state index contributed by atoms with van der Waals surface area (Å²) >= 11 is 0. The average Bonchev–Trinajstić information content (AvgIpc) is 3.00. The SMILES string of the molecule is O=c1ccccc2ccc(ccc3ccc1o3)o2. The molecule has 18 heavy (non-hydrogen) atoms. The van der Waals surface area contributed by atoms with Crippen LogP contribution in [-0.2, 0) is 0 Å². The highest BCUT2D eigenvalue weighted by Gasteiger charge is 1.93. The van der Waals surface area contributed by atoms with E-state index < -0.39 is 0 Å². The van der Waals surface area contributed by atoms with Crippen LogP contribution in [0.5, 0.6) is 0 Å². The van der Waals surface area contributed by atoms with E-state index in [2.05, 4.69) is 0 Å². The van der Waals surface area contributed by atoms with Gasteiger partial charge in [0.2, 0.25) is 5.43 Å². The van der Waals surface area contributed by atoms with Gasteiger partial charge < -0.3 is 8.83 Å². The Hall–Kier alpha value is -2.55. The Balaban J connectivity index is 2.39. The third kappa shape index (κ3) is 2.11. The van der Waals surface area contributed by atoms with E-state index >= 15 is 0 Å². The Kier molecular flexibility index (Phi) is 2.57. The largest absolute Gasteiger partial charge is 0.457 e. The lowest BCUT2D eigenvalue weighted by Gasteiger charge is -1.77. The van der Waals surface area contributed by atoms with Crippen molar-refractivity contribution in [1.29, 1.82) is 0 Å². The summed E-state index contributed by atoms with van der Waals surface area (Å²) in [6.45, 7) is 0. The molecule has 0 unspecified atom stereocenters. The van der Waals surface area contributed by atoms with E-state index in [0.717, 1.165) is 11.2 Å². The zero-order valence-corrected chi connectivity index (χ0v) is 9.50. The highest BCUT2D eigenvalue weighted by atomic mass is 16.3. The van der Waals surface area contributed by atoms with Gasteiger partial charge >= 0.3 is 0 Å². The maximum atomic E-state index is 11.7. The predicted molar refractivity (Wildman–Crippen MR) is 69.9 cm³/mol. The van der Waals surface area contributed by atoms with Crippen LogP contribution in [0.4, 0.5) is 0 Å². The number of hydrogen-bond donors (Lipinski definition) is 0. The molecule has 0 aliphatic carbocycles. The van der Waals surface area contributed by atoms with Crippen molar-refractivity contribution in [2.75, 3.05) is 0 Å². The molecule has 3 heterocycles. The van der Waals surface area contributed by atoms with Gasteiger partial charge in [-0.3, -0.25) is 4.79 Å². The normalized spacial score (nSPS) is 10.4. The fourth-order valence-electron chi connectivity index (χ4n) is 1.66. The zero-order chi connectivity index (χ0) is 12.4. The van der Waals surface area contributed by atoms with Crippen molar-refractivity contribution in [3.8, 4) is 0 Å². The number of fused-ring (bicyclic) bond motifs is 4. The van der Waals surface area contributed by atoms with Gasteiger partial charge in [-0.05, 0) is 48.5 Å². The molecule has 0 atom stereocenters. The smallest absolute Gasteiger partial charge is 0.221 e. The van der Waals surface area contributed by atoms with Gasteiger partial charge in [-0.25, -0.2) is 0 Å². The first-order valence-corrected chi connectivity index (χ1v) is 5.58. The summed E-state index contributed by atoms with van der Waals surface area (Å²) in [7, 11) is 0. The molecular weight excluding hydrogens is 228 g/mol. The van der Waals surface area contributed by atoms with E-state index in [1.54, 1.807) is 42.5 Å². The van der Waals surface area contributed by atoms with Gasteiger partial charge in [0.25, 0.3) is 0 Å². The first-order chi connectivity index (χ1) is 8.81. The second kappa shape index (κ2) is 4.37. The number of furan rings is 2. The van der Waals surface area contributed by atoms with Crippen molar-refractivity contribution < 1.29 is 8.83 Å². The second-order valence-electron chi connectivity index (χ2n) is 3.86. The molecule has 0 aliphatic heterocycles. The summed E-state index contributed by atoms with van der Waals surface area (Å²) in [6.07, 6.45) is 0. The van der Waals surface area contributed by atoms with E-state index in [0.29, 0.717) is 11.2 Å². The van der Waals surface area contributed by atoms with Gasteiger partial charge in [-0.15, -0.1) is 0 Å². The van der Waals surface area contributed by atoms with Gasteiger partial charge in [0.05, 0.1) is 0 Å². The Morgan fingerprint density at radius 3 is 1.94 bits per heavy atom. The van der Waals surface area contributed by atoms with Crippen molar-refractivity contribution >= 4 is 22.3 Å². The van der Waals surface area contributed by atoms with Crippen LogP contribution in [0.1, 0.15) is 0 Å². The van der Waals surface area contributed by atoms with Crippen LogP contribution in [-0.4, -0.2) is 0 Å².